The zero-order valence-electron chi connectivity index (χ0n) is 22.1. The topological polar surface area (TPSA) is 176 Å². The Morgan fingerprint density at radius 2 is 1.07 bits per heavy atom. The molecule has 0 bridgehead atoms. The second-order valence-electron chi connectivity index (χ2n) is 7.83. The van der Waals surface area contributed by atoms with Gasteiger partial charge in [0.15, 0.2) is 0 Å². The number of thiophene rings is 2. The number of esters is 4. The lowest BCUT2D eigenvalue weighted by Gasteiger charge is -2.08. The molecule has 0 radical (unpaired) electrons. The van der Waals surface area contributed by atoms with Crippen molar-refractivity contribution in [3.05, 3.63) is 61.6 Å². The largest absolute Gasteiger partial charge is 0.465 e. The third-order valence-corrected chi connectivity index (χ3v) is 7.90. The van der Waals surface area contributed by atoms with Crippen LogP contribution in [0, 0.1) is 13.8 Å². The zero-order valence-corrected chi connectivity index (χ0v) is 23.7. The first-order valence-corrected chi connectivity index (χ1v) is 12.8. The van der Waals surface area contributed by atoms with Crippen molar-refractivity contribution in [2.45, 2.75) is 13.8 Å². The molecule has 0 spiro atoms. The molecule has 0 saturated heterocycles. The first-order valence-electron chi connectivity index (χ1n) is 11.2. The van der Waals surface area contributed by atoms with Crippen molar-refractivity contribution < 1.29 is 47.7 Å². The monoisotopic (exact) mass is 589 g/mol. The van der Waals surface area contributed by atoms with E-state index in [0.717, 1.165) is 36.0 Å². The van der Waals surface area contributed by atoms with Gasteiger partial charge in [0.2, 0.25) is 0 Å². The maximum absolute atomic E-state index is 12.9. The summed E-state index contributed by atoms with van der Waals surface area (Å²) < 4.78 is 19.0. The van der Waals surface area contributed by atoms with E-state index in [0.29, 0.717) is 0 Å². The van der Waals surface area contributed by atoms with Crippen LogP contribution in [0.5, 0.6) is 0 Å². The smallest absolute Gasteiger partial charge is 0.348 e. The number of carbonyl (C=O) groups is 6. The number of hydrogen-bond donors (Lipinski definition) is 2. The van der Waals surface area contributed by atoms with Gasteiger partial charge in [0.25, 0.3) is 11.8 Å². The van der Waals surface area contributed by atoms with Crippen LogP contribution in [0.4, 0.5) is 10.0 Å². The molecule has 210 valence electrons. The Morgan fingerprint density at radius 3 is 1.45 bits per heavy atom. The number of carbonyl (C=O) groups excluding carboxylic acids is 6. The summed E-state index contributed by atoms with van der Waals surface area (Å²) in [6, 6.07) is 2.59. The van der Waals surface area contributed by atoms with Crippen LogP contribution >= 0.6 is 22.7 Å². The summed E-state index contributed by atoms with van der Waals surface area (Å²) in [6.07, 6.45) is 1.13. The maximum atomic E-state index is 12.9. The zero-order chi connectivity index (χ0) is 29.7. The third-order valence-electron chi connectivity index (χ3n) is 5.53. The number of rotatable bonds is 8. The lowest BCUT2D eigenvalue weighted by Crippen LogP contribution is -2.17. The molecule has 2 N–H and O–H groups in total. The summed E-state index contributed by atoms with van der Waals surface area (Å²) in [7, 11) is 4.70. The van der Waals surface area contributed by atoms with Crippen LogP contribution in [0.1, 0.15) is 72.0 Å². The minimum Gasteiger partial charge on any atom is -0.465 e. The summed E-state index contributed by atoms with van der Waals surface area (Å²) in [6.45, 7) is 3.04. The molecule has 0 unspecified atom stereocenters. The minimum absolute atomic E-state index is 0.00350. The second-order valence-corrected chi connectivity index (χ2v) is 9.87. The van der Waals surface area contributed by atoms with E-state index in [4.69, 9.17) is 18.9 Å². The first kappa shape index (κ1) is 29.9. The van der Waals surface area contributed by atoms with E-state index in [1.807, 2.05) is 0 Å². The Morgan fingerprint density at radius 1 is 0.650 bits per heavy atom. The molecule has 15 heteroatoms. The molecule has 3 aromatic rings. The molecule has 0 aliphatic rings. The van der Waals surface area contributed by atoms with Crippen molar-refractivity contribution in [1.29, 1.82) is 0 Å². The molecular formula is C25H23N3O10S2. The van der Waals surface area contributed by atoms with Crippen LogP contribution < -0.4 is 10.6 Å². The summed E-state index contributed by atoms with van der Waals surface area (Å²) >= 11 is 1.68. The SMILES string of the molecule is COC(=O)c1sc(NC(=O)c2ccc(C(=O)Nc3sc(C(=O)OC)c(C)c3C(=O)OC)nc2)c(C(=O)OC)c1C. The van der Waals surface area contributed by atoms with Crippen molar-refractivity contribution in [2.75, 3.05) is 39.1 Å². The molecule has 3 rings (SSSR count). The highest BCUT2D eigenvalue weighted by Gasteiger charge is 2.28. The van der Waals surface area contributed by atoms with Gasteiger partial charge in [0.05, 0.1) is 45.1 Å². The number of methoxy groups -OCH3 is 4. The number of pyridine rings is 1. The molecule has 2 amide bonds. The summed E-state index contributed by atoms with van der Waals surface area (Å²) in [5.74, 6) is -4.28. The quantitative estimate of drug-likeness (QED) is 0.290. The summed E-state index contributed by atoms with van der Waals surface area (Å²) in [4.78, 5) is 78.7. The van der Waals surface area contributed by atoms with Crippen LogP contribution in [-0.2, 0) is 18.9 Å². The van der Waals surface area contributed by atoms with Crippen molar-refractivity contribution >= 4 is 68.4 Å². The van der Waals surface area contributed by atoms with Gasteiger partial charge in [0.1, 0.15) is 25.5 Å². The summed E-state index contributed by atoms with van der Waals surface area (Å²) in [5.41, 5.74) is 0.501. The van der Waals surface area contributed by atoms with Gasteiger partial charge in [-0.1, -0.05) is 0 Å². The van der Waals surface area contributed by atoms with Crippen molar-refractivity contribution in [1.82, 2.24) is 4.98 Å². The number of nitrogens with one attached hydrogen (secondary N) is 2. The molecule has 0 aliphatic heterocycles. The molecule has 0 fully saturated rings. The predicted molar refractivity (Wildman–Crippen MR) is 144 cm³/mol. The maximum Gasteiger partial charge on any atom is 0.348 e. The fourth-order valence-corrected chi connectivity index (χ4v) is 5.69. The minimum atomic E-state index is -0.760. The van der Waals surface area contributed by atoms with E-state index in [1.165, 1.54) is 47.3 Å². The van der Waals surface area contributed by atoms with Gasteiger partial charge in [0, 0.05) is 6.20 Å². The van der Waals surface area contributed by atoms with Crippen molar-refractivity contribution in [3.8, 4) is 0 Å². The second kappa shape index (κ2) is 12.5. The van der Waals surface area contributed by atoms with E-state index < -0.39 is 35.7 Å². The molecule has 3 heterocycles. The van der Waals surface area contributed by atoms with Crippen LogP contribution in [0.15, 0.2) is 18.3 Å². The Kier molecular flexibility index (Phi) is 9.34. The van der Waals surface area contributed by atoms with Gasteiger partial charge in [-0.25, -0.2) is 19.2 Å². The van der Waals surface area contributed by atoms with Gasteiger partial charge >= 0.3 is 23.9 Å². The van der Waals surface area contributed by atoms with E-state index >= 15 is 0 Å². The van der Waals surface area contributed by atoms with E-state index in [1.54, 1.807) is 0 Å². The lowest BCUT2D eigenvalue weighted by molar-refractivity contribution is 0.0585. The molecule has 3 aromatic heterocycles. The number of nitrogens with zero attached hydrogens (tertiary/aromatic N) is 1. The average Bonchev–Trinajstić information content (AvgIpc) is 3.46. The van der Waals surface area contributed by atoms with Crippen LogP contribution in [-0.4, -0.2) is 69.1 Å². The Balaban J connectivity index is 1.84. The normalized spacial score (nSPS) is 10.3. The van der Waals surface area contributed by atoms with Crippen LogP contribution in [0.25, 0.3) is 0 Å². The molecule has 0 saturated carbocycles. The average molecular weight is 590 g/mol. The van der Waals surface area contributed by atoms with Crippen molar-refractivity contribution in [3.63, 3.8) is 0 Å². The Labute approximate surface area is 235 Å². The number of amides is 2. The third kappa shape index (κ3) is 5.84. The van der Waals surface area contributed by atoms with E-state index in [9.17, 15) is 28.8 Å². The van der Waals surface area contributed by atoms with Crippen LogP contribution in [0.2, 0.25) is 0 Å². The van der Waals surface area contributed by atoms with E-state index in [-0.39, 0.29) is 53.3 Å². The number of ether oxygens (including phenoxy) is 4. The fourth-order valence-electron chi connectivity index (χ4n) is 3.48. The van der Waals surface area contributed by atoms with Gasteiger partial charge < -0.3 is 29.6 Å². The van der Waals surface area contributed by atoms with E-state index in [2.05, 4.69) is 15.6 Å². The molecule has 0 aliphatic carbocycles. The molecule has 0 aromatic carbocycles. The number of aromatic nitrogens is 1. The molecule has 40 heavy (non-hydrogen) atoms. The Hall–Kier alpha value is -4.63. The van der Waals surface area contributed by atoms with Crippen LogP contribution in [0.3, 0.4) is 0 Å². The highest BCUT2D eigenvalue weighted by atomic mass is 32.1. The highest BCUT2D eigenvalue weighted by molar-refractivity contribution is 7.19. The summed E-state index contributed by atoms with van der Waals surface area (Å²) in [5, 5.41) is 5.23. The van der Waals surface area contributed by atoms with Crippen molar-refractivity contribution in [2.24, 2.45) is 0 Å². The standard InChI is InChI=1S/C25H23N3O10S2/c1-10-14(22(31)35-3)20(39-16(10)24(33)37-5)27-18(29)12-7-8-13(26-9-12)19(30)28-21-15(23(32)36-4)11(2)17(40-21)25(34)38-6/h7-9H,1-6H3,(H,27,29)(H,28,30). The van der Waals surface area contributed by atoms with Gasteiger partial charge in [-0.15, -0.1) is 22.7 Å². The van der Waals surface area contributed by atoms with Gasteiger partial charge in [-0.3, -0.25) is 14.6 Å². The highest BCUT2D eigenvalue weighted by Crippen LogP contribution is 2.35. The first-order chi connectivity index (χ1) is 19.0. The molecular weight excluding hydrogens is 566 g/mol. The molecule has 0 atom stereocenters. The predicted octanol–water partition coefficient (Wildman–Crippen LogP) is 3.47. The Bertz CT molecular complexity index is 1410. The van der Waals surface area contributed by atoms with Gasteiger partial charge in [-0.2, -0.15) is 0 Å². The number of hydrogen-bond acceptors (Lipinski definition) is 13. The number of anilines is 2. The lowest BCUT2D eigenvalue weighted by atomic mass is 10.1. The molecule has 13 nitrogen and oxygen atoms in total. The van der Waals surface area contributed by atoms with Gasteiger partial charge in [-0.05, 0) is 37.1 Å². The fraction of sp³-hybridized carbons (Fsp3) is 0.240.